The zero-order valence-corrected chi connectivity index (χ0v) is 12.4. The number of aryl methyl sites for hydroxylation is 3. The van der Waals surface area contributed by atoms with E-state index in [2.05, 4.69) is 60.1 Å². The predicted octanol–water partition coefficient (Wildman–Crippen LogP) is 3.21. The second kappa shape index (κ2) is 6.10. The number of aromatic nitrogens is 2. The second-order valence-electron chi connectivity index (χ2n) is 5.45. The van der Waals surface area contributed by atoms with Gasteiger partial charge in [-0.25, -0.2) is 4.98 Å². The van der Waals surface area contributed by atoms with Crippen molar-refractivity contribution in [3.8, 4) is 0 Å². The number of imidazole rings is 1. The highest BCUT2D eigenvalue weighted by Crippen LogP contribution is 2.18. The van der Waals surface area contributed by atoms with Crippen LogP contribution in [-0.2, 0) is 26.4 Å². The lowest BCUT2D eigenvalue weighted by Crippen LogP contribution is -2.00. The maximum atomic E-state index is 5.71. The van der Waals surface area contributed by atoms with E-state index in [0.29, 0.717) is 6.54 Å². The molecule has 3 nitrogen and oxygen atoms in total. The van der Waals surface area contributed by atoms with Crippen LogP contribution in [0.3, 0.4) is 0 Å². The topological polar surface area (TPSA) is 43.8 Å². The van der Waals surface area contributed by atoms with E-state index in [0.717, 1.165) is 36.2 Å². The van der Waals surface area contributed by atoms with E-state index in [1.54, 1.807) is 0 Å². The van der Waals surface area contributed by atoms with Crippen LogP contribution < -0.4 is 5.73 Å². The van der Waals surface area contributed by atoms with E-state index in [1.165, 1.54) is 11.1 Å². The van der Waals surface area contributed by atoms with Crippen molar-refractivity contribution < 1.29 is 0 Å². The molecule has 21 heavy (non-hydrogen) atoms. The number of rotatable bonds is 5. The molecule has 0 radical (unpaired) electrons. The molecular formula is C18H21N3. The Morgan fingerprint density at radius 2 is 1.81 bits per heavy atom. The van der Waals surface area contributed by atoms with Crippen LogP contribution in [0.1, 0.15) is 23.4 Å². The average molecular weight is 279 g/mol. The molecule has 0 saturated carbocycles. The number of fused-ring (bicyclic) bond motifs is 1. The third-order valence-electron chi connectivity index (χ3n) is 3.98. The summed E-state index contributed by atoms with van der Waals surface area (Å²) in [6.07, 6.45) is 3.21. The summed E-state index contributed by atoms with van der Waals surface area (Å²) in [5.41, 5.74) is 10.5. The molecule has 0 aliphatic heterocycles. The first-order valence-corrected chi connectivity index (χ1v) is 7.46. The minimum Gasteiger partial charge on any atom is -0.331 e. The smallest absolute Gasteiger partial charge is 0.109 e. The zero-order valence-electron chi connectivity index (χ0n) is 12.4. The highest BCUT2D eigenvalue weighted by molar-refractivity contribution is 5.76. The molecular weight excluding hydrogens is 258 g/mol. The van der Waals surface area contributed by atoms with Crippen LogP contribution in [0.15, 0.2) is 48.5 Å². The molecule has 0 bridgehead atoms. The van der Waals surface area contributed by atoms with Crippen LogP contribution in [0.5, 0.6) is 0 Å². The molecule has 0 spiro atoms. The Kier molecular flexibility index (Phi) is 4.02. The van der Waals surface area contributed by atoms with Crippen LogP contribution in [0, 0.1) is 0 Å². The third-order valence-corrected chi connectivity index (χ3v) is 3.98. The Balaban J connectivity index is 1.73. The summed E-state index contributed by atoms with van der Waals surface area (Å²) in [6.45, 7) is 0.574. The Hall–Kier alpha value is -2.13. The third kappa shape index (κ3) is 2.98. The summed E-state index contributed by atoms with van der Waals surface area (Å²) in [7, 11) is 2.09. The largest absolute Gasteiger partial charge is 0.331 e. The van der Waals surface area contributed by atoms with Gasteiger partial charge in [-0.1, -0.05) is 36.4 Å². The Morgan fingerprint density at radius 3 is 2.57 bits per heavy atom. The van der Waals surface area contributed by atoms with Crippen LogP contribution >= 0.6 is 0 Å². The van der Waals surface area contributed by atoms with Gasteiger partial charge in [-0.2, -0.15) is 0 Å². The number of benzene rings is 2. The van der Waals surface area contributed by atoms with Gasteiger partial charge in [-0.15, -0.1) is 0 Å². The van der Waals surface area contributed by atoms with E-state index in [-0.39, 0.29) is 0 Å². The van der Waals surface area contributed by atoms with Crippen molar-refractivity contribution in [3.05, 3.63) is 65.5 Å². The number of nitrogens with zero attached hydrogens (tertiary/aromatic N) is 2. The summed E-state index contributed by atoms with van der Waals surface area (Å²) >= 11 is 0. The molecule has 3 heteroatoms. The summed E-state index contributed by atoms with van der Waals surface area (Å²) in [4.78, 5) is 4.74. The summed E-state index contributed by atoms with van der Waals surface area (Å²) in [6, 6.07) is 16.9. The normalized spacial score (nSPS) is 11.1. The molecule has 0 aliphatic carbocycles. The van der Waals surface area contributed by atoms with Crippen LogP contribution in [-0.4, -0.2) is 9.55 Å². The van der Waals surface area contributed by atoms with Gasteiger partial charge in [0.25, 0.3) is 0 Å². The van der Waals surface area contributed by atoms with E-state index in [4.69, 9.17) is 10.7 Å². The van der Waals surface area contributed by atoms with E-state index >= 15 is 0 Å². The van der Waals surface area contributed by atoms with Gasteiger partial charge in [0.05, 0.1) is 11.0 Å². The molecule has 0 amide bonds. The summed E-state index contributed by atoms with van der Waals surface area (Å²) in [5.74, 6) is 1.15. The van der Waals surface area contributed by atoms with Gasteiger partial charge >= 0.3 is 0 Å². The monoisotopic (exact) mass is 279 g/mol. The van der Waals surface area contributed by atoms with Gasteiger partial charge in [0.2, 0.25) is 0 Å². The van der Waals surface area contributed by atoms with Crippen LogP contribution in [0.2, 0.25) is 0 Å². The Labute approximate surface area is 125 Å². The first kappa shape index (κ1) is 13.8. The molecule has 3 aromatic rings. The maximum Gasteiger partial charge on any atom is 0.109 e. The van der Waals surface area contributed by atoms with Crippen molar-refractivity contribution in [1.29, 1.82) is 0 Å². The van der Waals surface area contributed by atoms with Crippen molar-refractivity contribution in [2.75, 3.05) is 0 Å². The number of hydrogen-bond donors (Lipinski definition) is 1. The fourth-order valence-electron chi connectivity index (χ4n) is 2.73. The van der Waals surface area contributed by atoms with Crippen molar-refractivity contribution in [2.45, 2.75) is 25.8 Å². The number of hydrogen-bond acceptors (Lipinski definition) is 2. The molecule has 0 atom stereocenters. The van der Waals surface area contributed by atoms with E-state index in [9.17, 15) is 0 Å². The molecule has 0 fully saturated rings. The minimum absolute atomic E-state index is 0.574. The van der Waals surface area contributed by atoms with Gasteiger partial charge in [-0.05, 0) is 36.1 Å². The molecule has 108 valence electrons. The van der Waals surface area contributed by atoms with Crippen LogP contribution in [0.25, 0.3) is 11.0 Å². The average Bonchev–Trinajstić information content (AvgIpc) is 2.84. The fourth-order valence-corrected chi connectivity index (χ4v) is 2.73. The van der Waals surface area contributed by atoms with Gasteiger partial charge in [-0.3, -0.25) is 0 Å². The molecule has 1 heterocycles. The van der Waals surface area contributed by atoms with Crippen molar-refractivity contribution >= 4 is 11.0 Å². The fraction of sp³-hybridized carbons (Fsp3) is 0.278. The Morgan fingerprint density at radius 1 is 1.00 bits per heavy atom. The van der Waals surface area contributed by atoms with Crippen molar-refractivity contribution in [3.63, 3.8) is 0 Å². The van der Waals surface area contributed by atoms with Gasteiger partial charge in [0, 0.05) is 20.0 Å². The summed E-state index contributed by atoms with van der Waals surface area (Å²) in [5, 5.41) is 0. The Bertz CT molecular complexity index is 729. The van der Waals surface area contributed by atoms with Gasteiger partial charge < -0.3 is 10.3 Å². The lowest BCUT2D eigenvalue weighted by molar-refractivity contribution is 0.733. The molecule has 0 saturated heterocycles. The van der Waals surface area contributed by atoms with E-state index < -0.39 is 0 Å². The highest BCUT2D eigenvalue weighted by atomic mass is 15.1. The summed E-state index contributed by atoms with van der Waals surface area (Å²) < 4.78 is 2.19. The lowest BCUT2D eigenvalue weighted by atomic mass is 10.1. The van der Waals surface area contributed by atoms with Crippen molar-refractivity contribution in [2.24, 2.45) is 12.8 Å². The molecule has 0 unspecified atom stereocenters. The molecule has 0 aliphatic rings. The molecule has 2 aromatic carbocycles. The van der Waals surface area contributed by atoms with Gasteiger partial charge in [0.15, 0.2) is 0 Å². The molecule has 2 N–H and O–H groups in total. The van der Waals surface area contributed by atoms with Crippen molar-refractivity contribution in [1.82, 2.24) is 9.55 Å². The lowest BCUT2D eigenvalue weighted by Gasteiger charge is -2.03. The molecule has 1 aromatic heterocycles. The first-order chi connectivity index (χ1) is 10.3. The highest BCUT2D eigenvalue weighted by Gasteiger charge is 2.08. The predicted molar refractivity (Wildman–Crippen MR) is 87.1 cm³/mol. The maximum absolute atomic E-state index is 5.71. The minimum atomic E-state index is 0.574. The first-order valence-electron chi connectivity index (χ1n) is 7.46. The van der Waals surface area contributed by atoms with Crippen LogP contribution in [0.4, 0.5) is 0 Å². The number of nitrogens with two attached hydrogens (primary N) is 1. The second-order valence-corrected chi connectivity index (χ2v) is 5.45. The molecule has 3 rings (SSSR count). The zero-order chi connectivity index (χ0) is 14.7. The van der Waals surface area contributed by atoms with E-state index in [1.807, 2.05) is 0 Å². The quantitative estimate of drug-likeness (QED) is 0.779. The standard InChI is InChI=1S/C18H21N3/c1-21-17-12-15(13-19)10-11-16(17)20-18(21)9-5-8-14-6-3-2-4-7-14/h2-4,6-7,10-12H,5,8-9,13,19H2,1H3. The SMILES string of the molecule is Cn1c(CCCc2ccccc2)nc2ccc(CN)cc21. The van der Waals surface area contributed by atoms with Gasteiger partial charge in [0.1, 0.15) is 5.82 Å².